The van der Waals surface area contributed by atoms with Crippen LogP contribution in [0.4, 0.5) is 4.79 Å². The molecule has 0 radical (unpaired) electrons. The van der Waals surface area contributed by atoms with Gasteiger partial charge >= 0.3 is 6.03 Å². The molecule has 1 aromatic heterocycles. The first-order valence-corrected chi connectivity index (χ1v) is 9.11. The number of rotatable bonds is 4. The summed E-state index contributed by atoms with van der Waals surface area (Å²) in [6, 6.07) is 1.27. The average Bonchev–Trinajstić information content (AvgIpc) is 2.86. The lowest BCUT2D eigenvalue weighted by Gasteiger charge is -2.31. The number of carbonyl (C=O) groups excluding carboxylic acids is 1. The van der Waals surface area contributed by atoms with E-state index in [1.807, 2.05) is 4.90 Å². The Labute approximate surface area is 147 Å². The van der Waals surface area contributed by atoms with E-state index in [0.29, 0.717) is 25.4 Å². The Bertz CT molecular complexity index is 614. The molecular weight excluding hydrogens is 322 g/mol. The molecule has 2 saturated heterocycles. The smallest absolute Gasteiger partial charge is 0.317 e. The fourth-order valence-electron chi connectivity index (χ4n) is 3.40. The summed E-state index contributed by atoms with van der Waals surface area (Å²) in [4.78, 5) is 34.5. The van der Waals surface area contributed by atoms with Crippen molar-refractivity contribution < 1.29 is 9.53 Å². The standard InChI is InChI=1S/C17H27N5O3/c23-16-9-14(19-13-20-16)10-18-17(24)22-7-4-8-25-15(12-22)11-21-5-2-1-3-6-21/h9,13,15H,1-8,10-12H2,(H,18,24)(H,19,20,23)/t15-/m0/s1. The van der Waals surface area contributed by atoms with E-state index in [0.717, 1.165) is 26.1 Å². The molecule has 8 heteroatoms. The fourth-order valence-corrected chi connectivity index (χ4v) is 3.40. The van der Waals surface area contributed by atoms with E-state index in [1.165, 1.54) is 31.7 Å². The van der Waals surface area contributed by atoms with E-state index < -0.39 is 0 Å². The van der Waals surface area contributed by atoms with E-state index >= 15 is 0 Å². The van der Waals surface area contributed by atoms with Gasteiger partial charge in [0.15, 0.2) is 0 Å². The molecule has 0 bridgehead atoms. The largest absolute Gasteiger partial charge is 0.375 e. The van der Waals surface area contributed by atoms with E-state index in [-0.39, 0.29) is 24.2 Å². The van der Waals surface area contributed by atoms with Gasteiger partial charge < -0.3 is 24.8 Å². The number of amides is 2. The number of H-pyrrole nitrogens is 1. The lowest BCUT2D eigenvalue weighted by molar-refractivity contribution is 0.0256. The quantitative estimate of drug-likeness (QED) is 0.829. The van der Waals surface area contributed by atoms with Crippen LogP contribution >= 0.6 is 0 Å². The van der Waals surface area contributed by atoms with Gasteiger partial charge in [-0.15, -0.1) is 0 Å². The summed E-state index contributed by atoms with van der Waals surface area (Å²) >= 11 is 0. The van der Waals surface area contributed by atoms with Gasteiger partial charge in [-0.2, -0.15) is 0 Å². The van der Waals surface area contributed by atoms with Crippen molar-refractivity contribution in [3.63, 3.8) is 0 Å². The number of likely N-dealkylation sites (tertiary alicyclic amines) is 1. The summed E-state index contributed by atoms with van der Waals surface area (Å²) in [6.07, 6.45) is 6.06. The zero-order valence-corrected chi connectivity index (χ0v) is 14.6. The van der Waals surface area contributed by atoms with Gasteiger partial charge in [0.05, 0.1) is 24.7 Å². The van der Waals surface area contributed by atoms with Gasteiger partial charge in [-0.3, -0.25) is 4.79 Å². The van der Waals surface area contributed by atoms with E-state index in [2.05, 4.69) is 20.2 Å². The van der Waals surface area contributed by atoms with Crippen LogP contribution in [0.1, 0.15) is 31.4 Å². The first kappa shape index (κ1) is 17.9. The summed E-state index contributed by atoms with van der Waals surface area (Å²) in [6.45, 7) is 5.37. The molecule has 0 unspecified atom stereocenters. The number of hydrogen-bond donors (Lipinski definition) is 2. The maximum absolute atomic E-state index is 12.5. The zero-order chi connectivity index (χ0) is 17.5. The maximum atomic E-state index is 12.5. The minimum absolute atomic E-state index is 0.0593. The van der Waals surface area contributed by atoms with Gasteiger partial charge in [-0.25, -0.2) is 9.78 Å². The Morgan fingerprint density at radius 1 is 1.28 bits per heavy atom. The van der Waals surface area contributed by atoms with E-state index in [4.69, 9.17) is 4.74 Å². The summed E-state index contributed by atoms with van der Waals surface area (Å²) in [5.41, 5.74) is 0.331. The highest BCUT2D eigenvalue weighted by Crippen LogP contribution is 2.13. The van der Waals surface area contributed by atoms with E-state index in [9.17, 15) is 9.59 Å². The zero-order valence-electron chi connectivity index (χ0n) is 14.6. The van der Waals surface area contributed by atoms with Crippen LogP contribution < -0.4 is 10.9 Å². The number of ether oxygens (including phenoxy) is 1. The lowest BCUT2D eigenvalue weighted by atomic mass is 10.1. The molecule has 2 N–H and O–H groups in total. The fraction of sp³-hybridized carbons (Fsp3) is 0.706. The van der Waals surface area contributed by atoms with Crippen LogP contribution in [0, 0.1) is 0 Å². The van der Waals surface area contributed by atoms with E-state index in [1.54, 1.807) is 0 Å². The molecule has 3 rings (SSSR count). The van der Waals surface area contributed by atoms with Gasteiger partial charge in [-0.05, 0) is 32.4 Å². The molecular formula is C17H27N5O3. The number of urea groups is 1. The van der Waals surface area contributed by atoms with Crippen LogP contribution in [-0.2, 0) is 11.3 Å². The average molecular weight is 349 g/mol. The summed E-state index contributed by atoms with van der Waals surface area (Å²) in [7, 11) is 0. The summed E-state index contributed by atoms with van der Waals surface area (Å²) in [5.74, 6) is 0. The maximum Gasteiger partial charge on any atom is 0.317 e. The molecule has 2 aliphatic rings. The van der Waals surface area contributed by atoms with Crippen molar-refractivity contribution in [3.8, 4) is 0 Å². The highest BCUT2D eigenvalue weighted by molar-refractivity contribution is 5.74. The van der Waals surface area contributed by atoms with Crippen LogP contribution in [-0.4, -0.2) is 71.2 Å². The minimum Gasteiger partial charge on any atom is -0.375 e. The van der Waals surface area contributed by atoms with Gasteiger partial charge in [0, 0.05) is 32.3 Å². The molecule has 0 aromatic carbocycles. The van der Waals surface area contributed by atoms with Crippen LogP contribution in [0.5, 0.6) is 0 Å². The van der Waals surface area contributed by atoms with Crippen LogP contribution in [0.15, 0.2) is 17.2 Å². The molecule has 25 heavy (non-hydrogen) atoms. The van der Waals surface area contributed by atoms with Crippen molar-refractivity contribution in [3.05, 3.63) is 28.4 Å². The molecule has 1 atom stereocenters. The third kappa shape index (κ3) is 5.54. The van der Waals surface area contributed by atoms with Crippen LogP contribution in [0.2, 0.25) is 0 Å². The summed E-state index contributed by atoms with van der Waals surface area (Å²) < 4.78 is 5.94. The molecule has 0 spiro atoms. The van der Waals surface area contributed by atoms with Crippen molar-refractivity contribution in [2.45, 2.75) is 38.3 Å². The van der Waals surface area contributed by atoms with Crippen LogP contribution in [0.3, 0.4) is 0 Å². The van der Waals surface area contributed by atoms with Crippen molar-refractivity contribution >= 4 is 6.03 Å². The first-order chi connectivity index (χ1) is 12.2. The van der Waals surface area contributed by atoms with Crippen molar-refractivity contribution in [1.29, 1.82) is 0 Å². The molecule has 2 fully saturated rings. The second-order valence-corrected chi connectivity index (χ2v) is 6.71. The Kier molecular flexibility index (Phi) is 6.41. The number of piperidine rings is 1. The number of nitrogens with zero attached hydrogens (tertiary/aromatic N) is 3. The molecule has 2 amide bonds. The van der Waals surface area contributed by atoms with Gasteiger partial charge in [0.1, 0.15) is 0 Å². The summed E-state index contributed by atoms with van der Waals surface area (Å²) in [5, 5.41) is 2.85. The Morgan fingerprint density at radius 2 is 2.12 bits per heavy atom. The number of aromatic nitrogens is 2. The predicted octanol–water partition coefficient (Wildman–Crippen LogP) is 0.556. The highest BCUT2D eigenvalue weighted by Gasteiger charge is 2.24. The number of nitrogens with one attached hydrogen (secondary N) is 2. The molecule has 138 valence electrons. The molecule has 1 aromatic rings. The third-order valence-electron chi connectivity index (χ3n) is 4.70. The molecule has 0 aliphatic carbocycles. The topological polar surface area (TPSA) is 90.6 Å². The van der Waals surface area contributed by atoms with Crippen molar-refractivity contribution in [1.82, 2.24) is 25.1 Å². The Balaban J connectivity index is 1.50. The van der Waals surface area contributed by atoms with Crippen molar-refractivity contribution in [2.24, 2.45) is 0 Å². The minimum atomic E-state index is -0.219. The lowest BCUT2D eigenvalue weighted by Crippen LogP contribution is -2.46. The Hall–Kier alpha value is -1.93. The molecule has 8 nitrogen and oxygen atoms in total. The second-order valence-electron chi connectivity index (χ2n) is 6.71. The van der Waals surface area contributed by atoms with Gasteiger partial charge in [0.25, 0.3) is 5.56 Å². The molecule has 0 saturated carbocycles. The Morgan fingerprint density at radius 3 is 2.92 bits per heavy atom. The predicted molar refractivity (Wildman–Crippen MR) is 93.3 cm³/mol. The molecule has 2 aliphatic heterocycles. The highest BCUT2D eigenvalue weighted by atomic mass is 16.5. The van der Waals surface area contributed by atoms with Crippen LogP contribution in [0.25, 0.3) is 0 Å². The first-order valence-electron chi connectivity index (χ1n) is 9.11. The number of hydrogen-bond acceptors (Lipinski definition) is 5. The number of aromatic amines is 1. The third-order valence-corrected chi connectivity index (χ3v) is 4.70. The molecule has 3 heterocycles. The second kappa shape index (κ2) is 8.96. The number of carbonyl (C=O) groups is 1. The SMILES string of the molecule is O=C(NCc1cc(=O)[nH]cn1)N1CCCO[C@@H](CN2CCCCC2)C1. The monoisotopic (exact) mass is 349 g/mol. The van der Waals surface area contributed by atoms with Gasteiger partial charge in [-0.1, -0.05) is 6.42 Å². The van der Waals surface area contributed by atoms with Crippen molar-refractivity contribution in [2.75, 3.05) is 39.3 Å². The van der Waals surface area contributed by atoms with Gasteiger partial charge in [0.2, 0.25) is 0 Å². The normalized spacial score (nSPS) is 22.4.